The molecule has 0 fully saturated rings. The first-order valence-electron chi connectivity index (χ1n) is 19.3. The highest BCUT2D eigenvalue weighted by Crippen LogP contribution is 2.65. The van der Waals surface area contributed by atoms with Gasteiger partial charge in [-0.1, -0.05) is 176 Å². The van der Waals surface area contributed by atoms with Crippen molar-refractivity contribution in [2.45, 2.75) is 10.8 Å². The van der Waals surface area contributed by atoms with Gasteiger partial charge >= 0.3 is 0 Å². The molecule has 0 aromatic heterocycles. The van der Waals surface area contributed by atoms with Crippen LogP contribution in [0.1, 0.15) is 44.5 Å². The molecule has 13 rings (SSSR count). The monoisotopic (exact) mass is 696 g/mol. The summed E-state index contributed by atoms with van der Waals surface area (Å²) in [7, 11) is 0. The molecule has 0 amide bonds. The number of ether oxygens (including phenoxy) is 1. The molecular weight excluding hydrogens is 665 g/mol. The van der Waals surface area contributed by atoms with E-state index in [1.54, 1.807) is 0 Å². The minimum atomic E-state index is -0.466. The second-order valence-electron chi connectivity index (χ2n) is 15.5. The molecule has 1 heteroatoms. The fraction of sp³-hybridized carbons (Fsp3) is 0.0370. The summed E-state index contributed by atoms with van der Waals surface area (Å²) in [6.45, 7) is 0. The van der Waals surface area contributed by atoms with Crippen LogP contribution >= 0.6 is 0 Å². The molecule has 0 N–H and O–H groups in total. The summed E-state index contributed by atoms with van der Waals surface area (Å²) in [6.07, 6.45) is 0. The van der Waals surface area contributed by atoms with Crippen molar-refractivity contribution in [1.29, 1.82) is 0 Å². The molecule has 55 heavy (non-hydrogen) atoms. The Morgan fingerprint density at radius 2 is 0.745 bits per heavy atom. The van der Waals surface area contributed by atoms with Crippen LogP contribution in [-0.2, 0) is 10.8 Å². The second-order valence-corrected chi connectivity index (χ2v) is 15.5. The van der Waals surface area contributed by atoms with Gasteiger partial charge in [0.1, 0.15) is 11.5 Å². The first kappa shape index (κ1) is 29.5. The summed E-state index contributed by atoms with van der Waals surface area (Å²) in [5, 5.41) is 2.59. The average Bonchev–Trinajstić information content (AvgIpc) is 3.84. The highest BCUT2D eigenvalue weighted by Gasteiger charge is 2.53. The SMILES string of the molecule is c1ccc2c(c1)Oc1cc(-c3ccc4c(c3)-c3ccccc3C43c4ccccc4-c4c3ccc3ccccc43)ccc1C21c2ccccc2-c2ccccc21. The van der Waals surface area contributed by atoms with Gasteiger partial charge in [-0.05, 0) is 107 Å². The Bertz CT molecular complexity index is 3100. The maximum Gasteiger partial charge on any atom is 0.132 e. The largest absolute Gasteiger partial charge is 0.457 e. The normalized spacial score (nSPS) is 16.7. The second kappa shape index (κ2) is 10.4. The van der Waals surface area contributed by atoms with E-state index in [0.717, 1.165) is 17.1 Å². The Morgan fingerprint density at radius 1 is 0.291 bits per heavy atom. The molecule has 254 valence electrons. The Labute approximate surface area is 319 Å². The zero-order valence-electron chi connectivity index (χ0n) is 29.9. The van der Waals surface area contributed by atoms with Gasteiger partial charge in [0.05, 0.1) is 10.8 Å². The van der Waals surface area contributed by atoms with Crippen molar-refractivity contribution in [2.75, 3.05) is 0 Å². The fourth-order valence-electron chi connectivity index (χ4n) is 11.1. The van der Waals surface area contributed by atoms with Gasteiger partial charge in [-0.2, -0.15) is 0 Å². The average molecular weight is 697 g/mol. The zero-order chi connectivity index (χ0) is 35.9. The zero-order valence-corrected chi connectivity index (χ0v) is 29.9. The number of fused-ring (bicyclic) bond motifs is 21. The number of hydrogen-bond donors (Lipinski definition) is 0. The van der Waals surface area contributed by atoms with E-state index in [2.05, 4.69) is 194 Å². The lowest BCUT2D eigenvalue weighted by Gasteiger charge is -2.39. The van der Waals surface area contributed by atoms with Gasteiger partial charge in [-0.3, -0.25) is 0 Å². The van der Waals surface area contributed by atoms with E-state index in [0.29, 0.717) is 0 Å². The Balaban J connectivity index is 1.03. The van der Waals surface area contributed by atoms with Gasteiger partial charge in [0.25, 0.3) is 0 Å². The van der Waals surface area contributed by atoms with Crippen molar-refractivity contribution >= 4 is 10.8 Å². The predicted molar refractivity (Wildman–Crippen MR) is 223 cm³/mol. The van der Waals surface area contributed by atoms with Gasteiger partial charge in [0, 0.05) is 11.1 Å². The summed E-state index contributed by atoms with van der Waals surface area (Å²) in [4.78, 5) is 0. The third kappa shape index (κ3) is 3.46. The maximum atomic E-state index is 6.89. The first-order chi connectivity index (χ1) is 27.3. The fourth-order valence-corrected chi connectivity index (χ4v) is 11.1. The molecule has 0 radical (unpaired) electrons. The van der Waals surface area contributed by atoms with Crippen molar-refractivity contribution in [3.63, 3.8) is 0 Å². The molecule has 9 aromatic carbocycles. The number of hydrogen-bond acceptors (Lipinski definition) is 1. The Morgan fingerprint density at radius 3 is 1.45 bits per heavy atom. The lowest BCUT2D eigenvalue weighted by molar-refractivity contribution is 0.436. The standard InChI is InChI=1S/C54H32O/c1-2-14-36-33(13-1)25-30-49-52(36)40-18-6-10-22-45(40)53(49)44-21-9-5-17-39(44)41-31-34(26-28-46(41)53)35-27-29-48-51(32-35)55-50-24-12-11-23-47(50)54(48)42-19-7-3-15-37(42)38-16-4-8-20-43(38)54/h1-32H. The number of rotatable bonds is 1. The number of para-hydroxylation sites is 1. The lowest BCUT2D eigenvalue weighted by Crippen LogP contribution is -2.32. The molecular formula is C54H32O. The van der Waals surface area contributed by atoms with Crippen LogP contribution in [0.5, 0.6) is 11.5 Å². The summed E-state index contributed by atoms with van der Waals surface area (Å²) < 4.78 is 6.89. The number of benzene rings is 9. The molecule has 1 atom stereocenters. The molecule has 2 spiro atoms. The maximum absolute atomic E-state index is 6.89. The molecule has 1 heterocycles. The van der Waals surface area contributed by atoms with Crippen LogP contribution in [0.3, 0.4) is 0 Å². The summed E-state index contributed by atoms with van der Waals surface area (Å²) >= 11 is 0. The van der Waals surface area contributed by atoms with Gasteiger partial charge < -0.3 is 4.74 Å². The highest BCUT2D eigenvalue weighted by molar-refractivity contribution is 6.06. The van der Waals surface area contributed by atoms with Crippen LogP contribution in [0, 0.1) is 0 Å². The van der Waals surface area contributed by atoms with E-state index in [1.807, 2.05) is 0 Å². The van der Waals surface area contributed by atoms with E-state index in [4.69, 9.17) is 4.74 Å². The van der Waals surface area contributed by atoms with Gasteiger partial charge in [0.15, 0.2) is 0 Å². The van der Waals surface area contributed by atoms with Gasteiger partial charge in [0.2, 0.25) is 0 Å². The van der Waals surface area contributed by atoms with Crippen LogP contribution in [0.4, 0.5) is 0 Å². The molecule has 0 saturated carbocycles. The Hall–Kier alpha value is -6.96. The predicted octanol–water partition coefficient (Wildman–Crippen LogP) is 13.3. The molecule has 0 saturated heterocycles. The smallest absolute Gasteiger partial charge is 0.132 e. The summed E-state index contributed by atoms with van der Waals surface area (Å²) in [6, 6.07) is 72.3. The summed E-state index contributed by atoms with van der Waals surface area (Å²) in [5.41, 5.74) is 19.8. The lowest BCUT2D eigenvalue weighted by atomic mass is 9.66. The van der Waals surface area contributed by atoms with E-state index < -0.39 is 10.8 Å². The Kier molecular flexibility index (Phi) is 5.56. The molecule has 0 bridgehead atoms. The van der Waals surface area contributed by atoms with Gasteiger partial charge in [-0.25, -0.2) is 0 Å². The molecule has 9 aromatic rings. The van der Waals surface area contributed by atoms with Crippen molar-refractivity contribution in [2.24, 2.45) is 0 Å². The van der Waals surface area contributed by atoms with E-state index >= 15 is 0 Å². The van der Waals surface area contributed by atoms with E-state index in [-0.39, 0.29) is 0 Å². The van der Waals surface area contributed by atoms with Crippen LogP contribution in [0.2, 0.25) is 0 Å². The molecule has 1 unspecified atom stereocenters. The topological polar surface area (TPSA) is 9.23 Å². The van der Waals surface area contributed by atoms with E-state index in [1.165, 1.54) is 94.2 Å². The van der Waals surface area contributed by atoms with Crippen molar-refractivity contribution < 1.29 is 4.74 Å². The minimum Gasteiger partial charge on any atom is -0.457 e. The highest BCUT2D eigenvalue weighted by atomic mass is 16.5. The molecule has 1 aliphatic heterocycles. The third-order valence-corrected chi connectivity index (χ3v) is 13.2. The third-order valence-electron chi connectivity index (χ3n) is 13.2. The molecule has 3 aliphatic carbocycles. The van der Waals surface area contributed by atoms with Gasteiger partial charge in [-0.15, -0.1) is 0 Å². The van der Waals surface area contributed by atoms with Crippen LogP contribution in [0.25, 0.3) is 55.3 Å². The van der Waals surface area contributed by atoms with Crippen LogP contribution < -0.4 is 4.74 Å². The van der Waals surface area contributed by atoms with Crippen molar-refractivity contribution in [1.82, 2.24) is 0 Å². The van der Waals surface area contributed by atoms with Crippen LogP contribution in [0.15, 0.2) is 194 Å². The first-order valence-corrected chi connectivity index (χ1v) is 19.3. The van der Waals surface area contributed by atoms with Crippen LogP contribution in [-0.4, -0.2) is 0 Å². The van der Waals surface area contributed by atoms with E-state index in [9.17, 15) is 0 Å². The molecule has 1 nitrogen and oxygen atoms in total. The van der Waals surface area contributed by atoms with Crippen molar-refractivity contribution in [3.8, 4) is 56.0 Å². The minimum absolute atomic E-state index is 0.390. The quantitative estimate of drug-likeness (QED) is 0.166. The summed E-state index contributed by atoms with van der Waals surface area (Å²) in [5.74, 6) is 1.82. The van der Waals surface area contributed by atoms with Crippen molar-refractivity contribution in [3.05, 3.63) is 239 Å². The molecule has 4 aliphatic rings.